The van der Waals surface area contributed by atoms with Crippen molar-refractivity contribution < 1.29 is 39.2 Å². The van der Waals surface area contributed by atoms with Crippen molar-refractivity contribution in [3.05, 3.63) is 48.0 Å². The maximum absolute atomic E-state index is 12.4. The smallest absolute Gasteiger partial charge is 0.339 e. The van der Waals surface area contributed by atoms with E-state index in [0.29, 0.717) is 13.0 Å². The number of esters is 2. The van der Waals surface area contributed by atoms with E-state index in [1.54, 1.807) is 12.1 Å². The Morgan fingerprint density at radius 2 is 1.78 bits per heavy atom. The predicted molar refractivity (Wildman–Crippen MR) is 141 cm³/mol. The summed E-state index contributed by atoms with van der Waals surface area (Å²) in [7, 11) is 0. The molecule has 0 bridgehead atoms. The van der Waals surface area contributed by atoms with Crippen LogP contribution in [0, 0.1) is 17.8 Å². The fraction of sp³-hybridized carbons (Fsp3) is 0.621. The fourth-order valence-corrected chi connectivity index (χ4v) is 4.28. The molecule has 0 amide bonds. The Kier molecular flexibility index (Phi) is 15.5. The zero-order valence-electron chi connectivity index (χ0n) is 22.4. The number of carbonyl (C=O) groups is 3. The highest BCUT2D eigenvalue weighted by Crippen LogP contribution is 2.32. The number of hydrogen-bond donors (Lipinski definition) is 3. The summed E-state index contributed by atoms with van der Waals surface area (Å²) in [6.45, 7) is 10.0. The Labute approximate surface area is 220 Å². The van der Waals surface area contributed by atoms with Gasteiger partial charge in [0.2, 0.25) is 0 Å². The summed E-state index contributed by atoms with van der Waals surface area (Å²) in [5.41, 5.74) is -0.00517. The van der Waals surface area contributed by atoms with Crippen molar-refractivity contribution in [2.75, 3.05) is 13.2 Å². The van der Waals surface area contributed by atoms with Gasteiger partial charge < -0.3 is 24.8 Å². The molecule has 1 aromatic rings. The maximum Gasteiger partial charge on any atom is 0.339 e. The second-order valence-electron chi connectivity index (χ2n) is 9.92. The molecule has 1 aliphatic carbocycles. The molecule has 0 spiro atoms. The second kappa shape index (κ2) is 17.7. The van der Waals surface area contributed by atoms with E-state index in [1.165, 1.54) is 31.4 Å². The predicted octanol–water partition coefficient (Wildman–Crippen LogP) is 5.02. The molecule has 3 N–H and O–H groups in total. The molecule has 1 aromatic carbocycles. The van der Waals surface area contributed by atoms with Crippen molar-refractivity contribution in [1.82, 2.24) is 0 Å². The number of aromatic carboxylic acids is 1. The highest BCUT2D eigenvalue weighted by atomic mass is 16.5. The van der Waals surface area contributed by atoms with E-state index in [-0.39, 0.29) is 35.7 Å². The Hall–Kier alpha value is -2.71. The topological polar surface area (TPSA) is 130 Å². The van der Waals surface area contributed by atoms with Gasteiger partial charge in [-0.2, -0.15) is 0 Å². The Morgan fingerprint density at radius 1 is 1.14 bits per heavy atom. The molecule has 0 saturated heterocycles. The first kappa shape index (κ1) is 32.3. The van der Waals surface area contributed by atoms with Gasteiger partial charge in [0.1, 0.15) is 6.10 Å². The quantitative estimate of drug-likeness (QED) is 0.188. The van der Waals surface area contributed by atoms with E-state index >= 15 is 0 Å². The molecule has 2 rings (SSSR count). The van der Waals surface area contributed by atoms with E-state index in [9.17, 15) is 19.5 Å². The average Bonchev–Trinajstić information content (AvgIpc) is 2.90. The monoisotopic (exact) mass is 520 g/mol. The first-order valence-corrected chi connectivity index (χ1v) is 13.2. The van der Waals surface area contributed by atoms with Gasteiger partial charge in [-0.05, 0) is 55.6 Å². The highest BCUT2D eigenvalue weighted by molar-refractivity contribution is 6.02. The van der Waals surface area contributed by atoms with Gasteiger partial charge in [0.05, 0.1) is 30.4 Å². The van der Waals surface area contributed by atoms with Gasteiger partial charge in [0.25, 0.3) is 0 Å². The van der Waals surface area contributed by atoms with Gasteiger partial charge in [-0.15, -0.1) is 0 Å². The Balaban J connectivity index is 0.000000482. The Bertz CT molecular complexity index is 840. The third-order valence-corrected chi connectivity index (χ3v) is 6.85. The lowest BCUT2D eigenvalue weighted by Crippen LogP contribution is -2.33. The van der Waals surface area contributed by atoms with Crippen LogP contribution >= 0.6 is 0 Å². The summed E-state index contributed by atoms with van der Waals surface area (Å²) in [6, 6.07) is 6.01. The SMILES string of the molecule is C=CC(=O)OCC1CCC(OC(=O)c2ccccc2C(=O)O)C(C)C1.CCC(C)CCCCC(O)CO. The number of hydrogen-bond acceptors (Lipinski definition) is 7. The van der Waals surface area contributed by atoms with Crippen molar-refractivity contribution >= 4 is 17.9 Å². The summed E-state index contributed by atoms with van der Waals surface area (Å²) in [5.74, 6) is -1.09. The molecule has 0 heterocycles. The molecular formula is C29H44O8. The molecule has 1 aliphatic rings. The zero-order valence-corrected chi connectivity index (χ0v) is 22.4. The molecule has 1 fully saturated rings. The number of aliphatic hydroxyl groups is 2. The van der Waals surface area contributed by atoms with Gasteiger partial charge in [0, 0.05) is 6.08 Å². The number of carboxylic acid groups (broad SMARTS) is 1. The first-order valence-electron chi connectivity index (χ1n) is 13.2. The molecule has 8 nitrogen and oxygen atoms in total. The van der Waals surface area contributed by atoms with E-state index in [4.69, 9.17) is 19.7 Å². The fourth-order valence-electron chi connectivity index (χ4n) is 4.28. The molecule has 1 saturated carbocycles. The summed E-state index contributed by atoms with van der Waals surface area (Å²) in [5, 5.41) is 26.7. The lowest BCUT2D eigenvalue weighted by atomic mass is 9.80. The summed E-state index contributed by atoms with van der Waals surface area (Å²) in [6.07, 6.45) is 7.98. The number of ether oxygens (including phenoxy) is 2. The Morgan fingerprint density at radius 3 is 2.35 bits per heavy atom. The van der Waals surface area contributed by atoms with Gasteiger partial charge in [0.15, 0.2) is 0 Å². The lowest BCUT2D eigenvalue weighted by molar-refractivity contribution is -0.139. The van der Waals surface area contributed by atoms with Crippen molar-refractivity contribution in [3.63, 3.8) is 0 Å². The first-order chi connectivity index (χ1) is 17.6. The van der Waals surface area contributed by atoms with Crippen molar-refractivity contribution in [1.29, 1.82) is 0 Å². The van der Waals surface area contributed by atoms with Gasteiger partial charge >= 0.3 is 17.9 Å². The standard InChI is InChI=1S/C19H22O6.C10H22O2/c1-3-17(20)24-11-13-8-9-16(12(2)10-13)25-19(23)15-7-5-4-6-14(15)18(21)22;1-3-9(2)6-4-5-7-10(12)8-11/h3-7,12-13,16H,1,8-11H2,2H3,(H,21,22);9-12H,3-8H2,1-2H3. The lowest BCUT2D eigenvalue weighted by Gasteiger charge is -2.33. The number of carbonyl (C=O) groups excluding carboxylic acids is 2. The molecule has 0 aromatic heterocycles. The van der Waals surface area contributed by atoms with E-state index in [0.717, 1.165) is 37.7 Å². The van der Waals surface area contributed by atoms with E-state index in [2.05, 4.69) is 20.4 Å². The molecule has 0 aliphatic heterocycles. The summed E-state index contributed by atoms with van der Waals surface area (Å²) in [4.78, 5) is 34.7. The average molecular weight is 521 g/mol. The third kappa shape index (κ3) is 12.4. The number of rotatable bonds is 13. The van der Waals surface area contributed by atoms with Crippen LogP contribution < -0.4 is 0 Å². The number of carboxylic acids is 1. The third-order valence-electron chi connectivity index (χ3n) is 6.85. The van der Waals surface area contributed by atoms with Crippen LogP contribution in [0.25, 0.3) is 0 Å². The van der Waals surface area contributed by atoms with Crippen LogP contribution in [0.3, 0.4) is 0 Å². The van der Waals surface area contributed by atoms with Crippen LogP contribution in [0.5, 0.6) is 0 Å². The second-order valence-corrected chi connectivity index (χ2v) is 9.92. The number of benzene rings is 1. The van der Waals surface area contributed by atoms with E-state index < -0.39 is 24.0 Å². The number of aliphatic hydroxyl groups excluding tert-OH is 2. The van der Waals surface area contributed by atoms with E-state index in [1.807, 2.05) is 6.92 Å². The zero-order chi connectivity index (χ0) is 27.8. The van der Waals surface area contributed by atoms with Crippen molar-refractivity contribution in [2.24, 2.45) is 17.8 Å². The normalized spacial score (nSPS) is 20.5. The maximum atomic E-state index is 12.4. The molecule has 208 valence electrons. The van der Waals surface area contributed by atoms with Crippen LogP contribution in [0.15, 0.2) is 36.9 Å². The molecular weight excluding hydrogens is 476 g/mol. The van der Waals surface area contributed by atoms with Crippen molar-refractivity contribution in [3.8, 4) is 0 Å². The van der Waals surface area contributed by atoms with Crippen molar-refractivity contribution in [2.45, 2.75) is 84.3 Å². The number of unbranched alkanes of at least 4 members (excludes halogenated alkanes) is 1. The summed E-state index contributed by atoms with van der Waals surface area (Å²) >= 11 is 0. The minimum absolute atomic E-state index is 0.0595. The molecule has 8 heteroatoms. The van der Waals surface area contributed by atoms with Crippen LogP contribution in [0.4, 0.5) is 0 Å². The summed E-state index contributed by atoms with van der Waals surface area (Å²) < 4.78 is 10.6. The van der Waals surface area contributed by atoms with Crippen LogP contribution in [0.2, 0.25) is 0 Å². The highest BCUT2D eigenvalue weighted by Gasteiger charge is 2.31. The largest absolute Gasteiger partial charge is 0.478 e. The van der Waals surface area contributed by atoms with Crippen LogP contribution in [-0.2, 0) is 14.3 Å². The molecule has 5 atom stereocenters. The van der Waals surface area contributed by atoms with Gasteiger partial charge in [-0.3, -0.25) is 0 Å². The molecule has 37 heavy (non-hydrogen) atoms. The molecule has 5 unspecified atom stereocenters. The molecule has 0 radical (unpaired) electrons. The van der Waals surface area contributed by atoms with Gasteiger partial charge in [-0.25, -0.2) is 14.4 Å². The van der Waals surface area contributed by atoms with Gasteiger partial charge in [-0.1, -0.05) is 65.2 Å². The van der Waals surface area contributed by atoms with Crippen LogP contribution in [0.1, 0.15) is 92.9 Å². The minimum Gasteiger partial charge on any atom is -0.478 e. The minimum atomic E-state index is -1.16. The van der Waals surface area contributed by atoms with Crippen LogP contribution in [-0.4, -0.2) is 58.6 Å².